The van der Waals surface area contributed by atoms with Gasteiger partial charge in [0, 0.05) is 27.5 Å². The molecule has 2 nitrogen and oxygen atoms in total. The van der Waals surface area contributed by atoms with E-state index in [0.717, 1.165) is 5.69 Å². The molecular weight excluding hydrogens is 412 g/mol. The third-order valence-corrected chi connectivity index (χ3v) is 6.74. The monoisotopic (exact) mass is 434 g/mol. The average molecular weight is 435 g/mol. The number of fused-ring (bicyclic) bond motifs is 5. The lowest BCUT2D eigenvalue weighted by atomic mass is 9.99. The summed E-state index contributed by atoms with van der Waals surface area (Å²) in [6, 6.07) is 41.2. The van der Waals surface area contributed by atoms with Crippen LogP contribution in [0, 0.1) is 0 Å². The van der Waals surface area contributed by atoms with Gasteiger partial charge in [-0.3, -0.25) is 0 Å². The summed E-state index contributed by atoms with van der Waals surface area (Å²) in [5.41, 5.74) is 10.7. The quantitative estimate of drug-likeness (QED) is 0.288. The van der Waals surface area contributed by atoms with E-state index in [9.17, 15) is 0 Å². The summed E-state index contributed by atoms with van der Waals surface area (Å²) in [7, 11) is 0. The van der Waals surface area contributed by atoms with E-state index < -0.39 is 0 Å². The summed E-state index contributed by atoms with van der Waals surface area (Å²) in [5.74, 6) is 0. The molecule has 0 fully saturated rings. The van der Waals surface area contributed by atoms with Crippen LogP contribution < -0.4 is 4.90 Å². The third-order valence-electron chi connectivity index (χ3n) is 6.74. The van der Waals surface area contributed by atoms with Gasteiger partial charge in [-0.2, -0.15) is 0 Å². The van der Waals surface area contributed by atoms with Gasteiger partial charge in [0.2, 0.25) is 0 Å². The zero-order valence-corrected chi connectivity index (χ0v) is 18.6. The first kappa shape index (κ1) is 19.0. The number of nitrogens with zero attached hydrogens (tertiary/aromatic N) is 1. The minimum absolute atomic E-state index is 1.16. The first-order valence-electron chi connectivity index (χ1n) is 11.6. The SMILES string of the molecule is C1=Cc2cc(-c3ccc4[nH]c5ccccc5c4c3)ccc2N(c2ccccc2)c2ccccc21. The third kappa shape index (κ3) is 2.96. The topological polar surface area (TPSA) is 19.0 Å². The van der Waals surface area contributed by atoms with E-state index in [0.29, 0.717) is 0 Å². The van der Waals surface area contributed by atoms with Crippen molar-refractivity contribution >= 4 is 51.0 Å². The molecule has 0 spiro atoms. The van der Waals surface area contributed by atoms with Crippen molar-refractivity contribution in [1.82, 2.24) is 4.98 Å². The second-order valence-corrected chi connectivity index (χ2v) is 8.77. The molecule has 34 heavy (non-hydrogen) atoms. The van der Waals surface area contributed by atoms with Crippen molar-refractivity contribution in [3.63, 3.8) is 0 Å². The average Bonchev–Trinajstić information content (AvgIpc) is 3.18. The Labute approximate surface area is 198 Å². The van der Waals surface area contributed by atoms with Gasteiger partial charge in [-0.05, 0) is 70.8 Å². The molecule has 6 aromatic rings. The molecule has 160 valence electrons. The number of H-pyrrole nitrogens is 1. The summed E-state index contributed by atoms with van der Waals surface area (Å²) >= 11 is 0. The largest absolute Gasteiger partial charge is 0.355 e. The zero-order chi connectivity index (χ0) is 22.5. The van der Waals surface area contributed by atoms with Crippen LogP contribution in [0.2, 0.25) is 0 Å². The number of hydrogen-bond acceptors (Lipinski definition) is 1. The molecule has 0 amide bonds. The Hall–Kier alpha value is -4.56. The van der Waals surface area contributed by atoms with Crippen LogP contribution in [0.5, 0.6) is 0 Å². The molecule has 0 radical (unpaired) electrons. The van der Waals surface area contributed by atoms with Gasteiger partial charge in [0.05, 0.1) is 11.4 Å². The summed E-state index contributed by atoms with van der Waals surface area (Å²) < 4.78 is 0. The Bertz CT molecular complexity index is 1710. The second kappa shape index (κ2) is 7.50. The van der Waals surface area contributed by atoms with Gasteiger partial charge in [0.15, 0.2) is 0 Å². The van der Waals surface area contributed by atoms with Gasteiger partial charge in [0.1, 0.15) is 0 Å². The number of aromatic nitrogens is 1. The number of nitrogens with one attached hydrogen (secondary N) is 1. The fourth-order valence-corrected chi connectivity index (χ4v) is 5.10. The predicted octanol–water partition coefficient (Wildman–Crippen LogP) is 8.94. The number of benzene rings is 5. The zero-order valence-electron chi connectivity index (χ0n) is 18.6. The molecule has 1 aliphatic rings. The fourth-order valence-electron chi connectivity index (χ4n) is 5.10. The summed E-state index contributed by atoms with van der Waals surface area (Å²) in [5, 5.41) is 2.52. The predicted molar refractivity (Wildman–Crippen MR) is 145 cm³/mol. The highest BCUT2D eigenvalue weighted by Gasteiger charge is 2.20. The van der Waals surface area contributed by atoms with Crippen molar-refractivity contribution in [2.75, 3.05) is 4.90 Å². The first-order chi connectivity index (χ1) is 16.8. The molecule has 2 heterocycles. The second-order valence-electron chi connectivity index (χ2n) is 8.77. The molecule has 2 heteroatoms. The van der Waals surface area contributed by atoms with E-state index in [-0.39, 0.29) is 0 Å². The van der Waals surface area contributed by atoms with Crippen LogP contribution in [0.15, 0.2) is 115 Å². The van der Waals surface area contributed by atoms with Crippen molar-refractivity contribution in [3.05, 3.63) is 126 Å². The van der Waals surface area contributed by atoms with E-state index >= 15 is 0 Å². The summed E-state index contributed by atoms with van der Waals surface area (Å²) in [4.78, 5) is 5.89. The minimum atomic E-state index is 1.16. The maximum atomic E-state index is 3.53. The first-order valence-corrected chi connectivity index (χ1v) is 11.6. The van der Waals surface area contributed by atoms with Gasteiger partial charge >= 0.3 is 0 Å². The highest BCUT2D eigenvalue weighted by Crippen LogP contribution is 2.43. The van der Waals surface area contributed by atoms with Crippen LogP contribution >= 0.6 is 0 Å². The fraction of sp³-hybridized carbons (Fsp3) is 0. The Morgan fingerprint density at radius 1 is 0.471 bits per heavy atom. The van der Waals surface area contributed by atoms with Crippen molar-refractivity contribution < 1.29 is 0 Å². The highest BCUT2D eigenvalue weighted by atomic mass is 15.1. The minimum Gasteiger partial charge on any atom is -0.355 e. The maximum Gasteiger partial charge on any atom is 0.0534 e. The van der Waals surface area contributed by atoms with E-state index in [2.05, 4.69) is 137 Å². The van der Waals surface area contributed by atoms with Gasteiger partial charge < -0.3 is 9.88 Å². The van der Waals surface area contributed by atoms with E-state index in [1.807, 2.05) is 0 Å². The molecule has 0 saturated heterocycles. The Morgan fingerprint density at radius 2 is 1.15 bits per heavy atom. The number of rotatable bonds is 2. The normalized spacial score (nSPS) is 12.5. The molecule has 0 bridgehead atoms. The lowest BCUT2D eigenvalue weighted by Crippen LogP contribution is -2.11. The number of para-hydroxylation sites is 3. The molecule has 5 aromatic carbocycles. The van der Waals surface area contributed by atoms with Crippen molar-refractivity contribution in [2.24, 2.45) is 0 Å². The van der Waals surface area contributed by atoms with Crippen LogP contribution in [0.25, 0.3) is 45.1 Å². The lowest BCUT2D eigenvalue weighted by molar-refractivity contribution is 1.28. The number of hydrogen-bond donors (Lipinski definition) is 1. The van der Waals surface area contributed by atoms with Crippen molar-refractivity contribution in [2.45, 2.75) is 0 Å². The van der Waals surface area contributed by atoms with Crippen molar-refractivity contribution in [3.8, 4) is 11.1 Å². The molecule has 0 saturated carbocycles. The van der Waals surface area contributed by atoms with E-state index in [4.69, 9.17) is 0 Å². The lowest BCUT2D eigenvalue weighted by Gasteiger charge is -2.27. The van der Waals surface area contributed by atoms with Crippen LogP contribution in [0.4, 0.5) is 17.1 Å². The Balaban J connectivity index is 1.40. The van der Waals surface area contributed by atoms with Crippen molar-refractivity contribution in [1.29, 1.82) is 0 Å². The van der Waals surface area contributed by atoms with Crippen LogP contribution in [-0.4, -0.2) is 4.98 Å². The van der Waals surface area contributed by atoms with Crippen LogP contribution in [-0.2, 0) is 0 Å². The molecular formula is C32H22N2. The Morgan fingerprint density at radius 3 is 2.09 bits per heavy atom. The Kier molecular flexibility index (Phi) is 4.18. The number of anilines is 3. The van der Waals surface area contributed by atoms with E-state index in [1.165, 1.54) is 55.4 Å². The maximum absolute atomic E-state index is 3.53. The summed E-state index contributed by atoms with van der Waals surface area (Å²) in [6.45, 7) is 0. The smallest absolute Gasteiger partial charge is 0.0534 e. The van der Waals surface area contributed by atoms with E-state index in [1.54, 1.807) is 0 Å². The molecule has 1 aromatic heterocycles. The highest BCUT2D eigenvalue weighted by molar-refractivity contribution is 6.08. The van der Waals surface area contributed by atoms with Crippen LogP contribution in [0.1, 0.15) is 11.1 Å². The number of aromatic amines is 1. The molecule has 0 atom stereocenters. The molecule has 0 unspecified atom stereocenters. The van der Waals surface area contributed by atoms with Gasteiger partial charge in [0.25, 0.3) is 0 Å². The van der Waals surface area contributed by atoms with Crippen LogP contribution in [0.3, 0.4) is 0 Å². The van der Waals surface area contributed by atoms with Gasteiger partial charge in [-0.25, -0.2) is 0 Å². The molecule has 1 aliphatic heterocycles. The standard InChI is InChI=1S/C32H22N2/c1-2-9-26(10-3-1)34-31-13-7-4-8-22(31)14-15-25-20-23(17-19-32(25)34)24-16-18-30-28(21-24)27-11-5-6-12-29(27)33-30/h1-21,33H. The molecule has 0 aliphatic carbocycles. The van der Waals surface area contributed by atoms with Gasteiger partial charge in [-0.15, -0.1) is 0 Å². The van der Waals surface area contributed by atoms with Gasteiger partial charge in [-0.1, -0.05) is 78.9 Å². The molecule has 1 N–H and O–H groups in total. The summed E-state index contributed by atoms with van der Waals surface area (Å²) in [6.07, 6.45) is 4.47. The molecule has 7 rings (SSSR count).